The van der Waals surface area contributed by atoms with Crippen molar-refractivity contribution in [3.8, 4) is 5.75 Å². The average Bonchev–Trinajstić information content (AvgIpc) is 3.35. The molecule has 0 aliphatic heterocycles. The van der Waals surface area contributed by atoms with Gasteiger partial charge in [-0.15, -0.1) is 5.10 Å². The summed E-state index contributed by atoms with van der Waals surface area (Å²) in [5, 5.41) is 22.3. The van der Waals surface area contributed by atoms with E-state index in [1.807, 2.05) is 12.1 Å². The summed E-state index contributed by atoms with van der Waals surface area (Å²) in [6.07, 6.45) is 3.07. The molecule has 37 heavy (non-hydrogen) atoms. The van der Waals surface area contributed by atoms with E-state index < -0.39 is 17.7 Å². The van der Waals surface area contributed by atoms with E-state index in [1.165, 1.54) is 0 Å². The first-order valence-corrected chi connectivity index (χ1v) is 11.5. The lowest BCUT2D eigenvalue weighted by atomic mass is 9.96. The number of ether oxygens (including phenoxy) is 1. The van der Waals surface area contributed by atoms with Gasteiger partial charge in [-0.05, 0) is 36.8 Å². The number of benzene rings is 2. The Morgan fingerprint density at radius 3 is 2.76 bits per heavy atom. The molecular weight excluding hydrogens is 478 g/mol. The maximum atomic E-state index is 13.0. The third-order valence-electron chi connectivity index (χ3n) is 5.94. The number of aliphatic carboxylic acids is 1. The highest BCUT2D eigenvalue weighted by molar-refractivity contribution is 6.06. The second kappa shape index (κ2) is 10.4. The van der Waals surface area contributed by atoms with E-state index in [0.717, 1.165) is 10.2 Å². The van der Waals surface area contributed by atoms with Crippen LogP contribution in [0.5, 0.6) is 5.75 Å². The fraction of sp³-hybridized carbons (Fsp3) is 0.192. The lowest BCUT2D eigenvalue weighted by molar-refractivity contribution is -0.142. The van der Waals surface area contributed by atoms with Gasteiger partial charge in [-0.25, -0.2) is 4.68 Å². The molecular formula is C26H21N5O6. The predicted octanol–water partition coefficient (Wildman–Crippen LogP) is 3.27. The van der Waals surface area contributed by atoms with Gasteiger partial charge in [0.05, 0.1) is 16.7 Å². The summed E-state index contributed by atoms with van der Waals surface area (Å²) in [5.74, 6) is -2.17. The van der Waals surface area contributed by atoms with Gasteiger partial charge in [0.25, 0.3) is 5.56 Å². The predicted molar refractivity (Wildman–Crippen MR) is 131 cm³/mol. The topological polar surface area (TPSA) is 150 Å². The van der Waals surface area contributed by atoms with Crippen molar-refractivity contribution in [1.82, 2.24) is 25.1 Å². The number of aryl methyl sites for hydroxylation is 1. The molecule has 0 amide bonds. The molecule has 1 unspecified atom stereocenters. The van der Waals surface area contributed by atoms with Gasteiger partial charge in [-0.3, -0.25) is 19.4 Å². The highest BCUT2D eigenvalue weighted by Gasteiger charge is 2.26. The van der Waals surface area contributed by atoms with Crippen molar-refractivity contribution in [3.05, 3.63) is 88.6 Å². The zero-order chi connectivity index (χ0) is 25.8. The second-order valence-electron chi connectivity index (χ2n) is 8.43. The maximum absolute atomic E-state index is 13.0. The summed E-state index contributed by atoms with van der Waals surface area (Å²) >= 11 is 0. The van der Waals surface area contributed by atoms with E-state index in [9.17, 15) is 19.5 Å². The number of Topliss-reactive ketones (excluding diaryl/α,β-unsaturated/α-hetero) is 1. The molecule has 1 atom stereocenters. The Hall–Kier alpha value is -4.93. The molecule has 1 N–H and O–H groups in total. The van der Waals surface area contributed by atoms with Crippen LogP contribution < -0.4 is 10.3 Å². The van der Waals surface area contributed by atoms with Crippen molar-refractivity contribution >= 4 is 33.6 Å². The van der Waals surface area contributed by atoms with Crippen molar-refractivity contribution in [3.63, 3.8) is 0 Å². The standard InChI is InChI=1S/C26H21N5O6/c32-22(12-17(26(34)35)9-11-31-25(33)19-5-1-2-6-21(19)28-30-31)24-20-8-7-18(13-23(20)37-29-24)36-15-16-4-3-10-27-14-16/h1-8,10,13-14,17H,9,11-12,15H2,(H,34,35). The summed E-state index contributed by atoms with van der Waals surface area (Å²) in [6.45, 7) is 0.308. The van der Waals surface area contributed by atoms with Gasteiger partial charge in [-0.2, -0.15) is 0 Å². The number of ketones is 1. The van der Waals surface area contributed by atoms with Crippen LogP contribution in [0.3, 0.4) is 0 Å². The SMILES string of the molecule is O=C(CC(CCn1nnc2ccccc2c1=O)C(=O)O)c1noc2cc(OCc3cccnc3)ccc12. The van der Waals surface area contributed by atoms with Gasteiger partial charge in [0.1, 0.15) is 17.9 Å². The number of carboxylic acid groups (broad SMARTS) is 1. The second-order valence-corrected chi connectivity index (χ2v) is 8.43. The number of hydrogen-bond donors (Lipinski definition) is 1. The largest absolute Gasteiger partial charge is 0.489 e. The third kappa shape index (κ3) is 5.20. The number of carbonyl (C=O) groups excluding carboxylic acids is 1. The van der Waals surface area contributed by atoms with Crippen LogP contribution in [-0.4, -0.2) is 42.0 Å². The van der Waals surface area contributed by atoms with Crippen LogP contribution in [0, 0.1) is 5.92 Å². The summed E-state index contributed by atoms with van der Waals surface area (Å²) in [5.41, 5.74) is 1.37. The molecule has 2 aromatic carbocycles. The molecule has 0 radical (unpaired) electrons. The quantitative estimate of drug-likeness (QED) is 0.284. The van der Waals surface area contributed by atoms with Crippen molar-refractivity contribution in [1.29, 1.82) is 0 Å². The van der Waals surface area contributed by atoms with Crippen molar-refractivity contribution in [2.75, 3.05) is 0 Å². The molecule has 5 aromatic rings. The summed E-state index contributed by atoms with van der Waals surface area (Å²) in [6, 6.07) is 15.4. The van der Waals surface area contributed by atoms with Gasteiger partial charge in [0.2, 0.25) is 0 Å². The fourth-order valence-corrected chi connectivity index (χ4v) is 3.94. The van der Waals surface area contributed by atoms with Crippen LogP contribution in [0.2, 0.25) is 0 Å². The van der Waals surface area contributed by atoms with Crippen LogP contribution in [-0.2, 0) is 17.9 Å². The Bertz CT molecular complexity index is 1650. The fourth-order valence-electron chi connectivity index (χ4n) is 3.94. The lowest BCUT2D eigenvalue weighted by Gasteiger charge is -2.11. The number of fused-ring (bicyclic) bond motifs is 2. The molecule has 0 aliphatic carbocycles. The minimum atomic E-state index is -1.16. The Morgan fingerprint density at radius 1 is 1.08 bits per heavy atom. The number of aromatic nitrogens is 5. The number of nitrogens with zero attached hydrogens (tertiary/aromatic N) is 5. The summed E-state index contributed by atoms with van der Waals surface area (Å²) in [7, 11) is 0. The van der Waals surface area contributed by atoms with Gasteiger partial charge in [0.15, 0.2) is 17.1 Å². The molecule has 186 valence electrons. The van der Waals surface area contributed by atoms with Crippen molar-refractivity contribution in [2.24, 2.45) is 5.92 Å². The third-order valence-corrected chi connectivity index (χ3v) is 5.94. The average molecular weight is 499 g/mol. The number of hydrogen-bond acceptors (Lipinski definition) is 9. The summed E-state index contributed by atoms with van der Waals surface area (Å²) < 4.78 is 12.2. The van der Waals surface area contributed by atoms with Crippen LogP contribution in [0.15, 0.2) is 76.3 Å². The van der Waals surface area contributed by atoms with E-state index in [-0.39, 0.29) is 30.6 Å². The Labute approximate surface area is 209 Å². The van der Waals surface area contributed by atoms with E-state index in [4.69, 9.17) is 9.26 Å². The minimum Gasteiger partial charge on any atom is -0.489 e. The van der Waals surface area contributed by atoms with Gasteiger partial charge in [0, 0.05) is 37.0 Å². The van der Waals surface area contributed by atoms with Gasteiger partial charge in [-0.1, -0.05) is 28.6 Å². The molecule has 0 aliphatic rings. The van der Waals surface area contributed by atoms with Crippen LogP contribution in [0.1, 0.15) is 28.9 Å². The molecule has 0 spiro atoms. The molecule has 3 heterocycles. The number of carboxylic acids is 1. The van der Waals surface area contributed by atoms with Crippen molar-refractivity contribution in [2.45, 2.75) is 26.0 Å². The Balaban J connectivity index is 1.27. The maximum Gasteiger partial charge on any atom is 0.307 e. The molecule has 11 heteroatoms. The van der Waals surface area contributed by atoms with Crippen LogP contribution >= 0.6 is 0 Å². The zero-order valence-electron chi connectivity index (χ0n) is 19.5. The molecule has 0 saturated heterocycles. The van der Waals surface area contributed by atoms with E-state index in [0.29, 0.717) is 34.2 Å². The molecule has 0 fully saturated rings. The number of carbonyl (C=O) groups is 2. The van der Waals surface area contributed by atoms with Gasteiger partial charge >= 0.3 is 5.97 Å². The molecule has 5 rings (SSSR count). The monoisotopic (exact) mass is 499 g/mol. The zero-order valence-corrected chi connectivity index (χ0v) is 19.5. The molecule has 0 bridgehead atoms. The first kappa shape index (κ1) is 23.8. The number of pyridine rings is 1. The molecule has 0 saturated carbocycles. The highest BCUT2D eigenvalue weighted by Crippen LogP contribution is 2.26. The normalized spacial score (nSPS) is 12.0. The lowest BCUT2D eigenvalue weighted by Crippen LogP contribution is -2.27. The molecule has 11 nitrogen and oxygen atoms in total. The first-order valence-electron chi connectivity index (χ1n) is 11.5. The van der Waals surface area contributed by atoms with E-state index in [2.05, 4.69) is 20.5 Å². The number of rotatable bonds is 10. The van der Waals surface area contributed by atoms with Gasteiger partial charge < -0.3 is 14.4 Å². The highest BCUT2D eigenvalue weighted by atomic mass is 16.5. The smallest absolute Gasteiger partial charge is 0.307 e. The van der Waals surface area contributed by atoms with Crippen molar-refractivity contribution < 1.29 is 24.0 Å². The van der Waals surface area contributed by atoms with E-state index >= 15 is 0 Å². The van der Waals surface area contributed by atoms with Crippen LogP contribution in [0.25, 0.3) is 21.9 Å². The first-order chi connectivity index (χ1) is 18.0. The summed E-state index contributed by atoms with van der Waals surface area (Å²) in [4.78, 5) is 41.5. The Kier molecular flexibility index (Phi) is 6.66. The van der Waals surface area contributed by atoms with Crippen LogP contribution in [0.4, 0.5) is 0 Å². The minimum absolute atomic E-state index is 0.00187. The Morgan fingerprint density at radius 2 is 1.95 bits per heavy atom. The molecule has 3 aromatic heterocycles. The van der Waals surface area contributed by atoms with E-state index in [1.54, 1.807) is 54.9 Å².